The van der Waals surface area contributed by atoms with Crippen LogP contribution in [0.15, 0.2) is 24.3 Å². The lowest BCUT2D eigenvalue weighted by molar-refractivity contribution is -0.144. The Kier molecular flexibility index (Phi) is 5.37. The first kappa shape index (κ1) is 16.0. The van der Waals surface area contributed by atoms with Crippen molar-refractivity contribution in [3.05, 3.63) is 35.4 Å². The van der Waals surface area contributed by atoms with Crippen molar-refractivity contribution >= 4 is 5.97 Å². The van der Waals surface area contributed by atoms with Crippen molar-refractivity contribution in [3.63, 3.8) is 0 Å². The largest absolute Gasteiger partial charge is 0.480 e. The van der Waals surface area contributed by atoms with Gasteiger partial charge in [0.2, 0.25) is 0 Å². The molecule has 0 spiro atoms. The lowest BCUT2D eigenvalue weighted by atomic mass is 10.00. The topological polar surface area (TPSA) is 43.8 Å². The second-order valence-corrected chi connectivity index (χ2v) is 5.87. The van der Waals surface area contributed by atoms with E-state index in [0.717, 1.165) is 38.0 Å². The molecule has 1 heterocycles. The quantitative estimate of drug-likeness (QED) is 0.904. The van der Waals surface area contributed by atoms with Crippen molar-refractivity contribution in [2.24, 2.45) is 0 Å². The molecule has 1 aliphatic heterocycles. The van der Waals surface area contributed by atoms with Gasteiger partial charge in [-0.1, -0.05) is 38.1 Å². The summed E-state index contributed by atoms with van der Waals surface area (Å²) in [5.41, 5.74) is 2.13. The molecular weight excluding hydrogens is 264 g/mol. The number of carbonyl (C=O) groups is 1. The Labute approximate surface area is 127 Å². The highest BCUT2D eigenvalue weighted by Gasteiger charge is 2.32. The fourth-order valence-electron chi connectivity index (χ4n) is 3.09. The number of likely N-dealkylation sites (N-methyl/N-ethyl adjacent to an activating group) is 1. The molecule has 2 unspecified atom stereocenters. The number of hydrogen-bond donors (Lipinski definition) is 1. The molecule has 0 saturated carbocycles. The van der Waals surface area contributed by atoms with Crippen LogP contribution in [0.25, 0.3) is 0 Å². The summed E-state index contributed by atoms with van der Waals surface area (Å²) in [4.78, 5) is 16.2. The molecule has 4 nitrogen and oxygen atoms in total. The van der Waals surface area contributed by atoms with Crippen LogP contribution in [0, 0.1) is 0 Å². The van der Waals surface area contributed by atoms with Crippen molar-refractivity contribution in [2.75, 3.05) is 26.7 Å². The zero-order valence-corrected chi connectivity index (χ0v) is 13.2. The molecule has 1 aromatic rings. The molecule has 2 atom stereocenters. The number of aliphatic carboxylic acids is 1. The number of rotatable bonds is 5. The lowest BCUT2D eigenvalue weighted by Crippen LogP contribution is -2.53. The summed E-state index contributed by atoms with van der Waals surface area (Å²) in [6.07, 6.45) is 2.03. The first-order valence-electron chi connectivity index (χ1n) is 7.82. The molecule has 1 fully saturated rings. The van der Waals surface area contributed by atoms with E-state index in [-0.39, 0.29) is 0 Å². The number of nitrogens with zero attached hydrogens (tertiary/aromatic N) is 2. The van der Waals surface area contributed by atoms with Gasteiger partial charge in [-0.15, -0.1) is 0 Å². The summed E-state index contributed by atoms with van der Waals surface area (Å²) in [6.45, 7) is 6.82. The van der Waals surface area contributed by atoms with Crippen LogP contribution in [0.2, 0.25) is 0 Å². The number of carboxylic acid groups (broad SMARTS) is 1. The number of piperazine rings is 1. The third-order valence-electron chi connectivity index (χ3n) is 4.58. The summed E-state index contributed by atoms with van der Waals surface area (Å²) in [5, 5.41) is 9.68. The zero-order valence-electron chi connectivity index (χ0n) is 13.2. The van der Waals surface area contributed by atoms with Gasteiger partial charge < -0.3 is 10.0 Å². The van der Waals surface area contributed by atoms with Crippen LogP contribution in [-0.2, 0) is 11.2 Å². The van der Waals surface area contributed by atoms with Crippen LogP contribution < -0.4 is 0 Å². The van der Waals surface area contributed by atoms with E-state index < -0.39 is 12.0 Å². The fourth-order valence-corrected chi connectivity index (χ4v) is 3.09. The molecule has 0 aromatic heterocycles. The fraction of sp³-hybridized carbons (Fsp3) is 0.588. The molecule has 116 valence electrons. The number of benzene rings is 1. The van der Waals surface area contributed by atoms with Crippen molar-refractivity contribution in [2.45, 2.75) is 38.8 Å². The SMILES string of the molecule is CCc1ccc(C(C(=O)O)N2CCN(C)C(CC)C2)cc1. The minimum Gasteiger partial charge on any atom is -0.480 e. The maximum Gasteiger partial charge on any atom is 0.325 e. The van der Waals surface area contributed by atoms with Gasteiger partial charge in [-0.25, -0.2) is 0 Å². The molecule has 0 radical (unpaired) electrons. The Hall–Kier alpha value is -1.39. The van der Waals surface area contributed by atoms with E-state index in [1.807, 2.05) is 24.3 Å². The van der Waals surface area contributed by atoms with E-state index in [9.17, 15) is 9.90 Å². The number of carboxylic acids is 1. The Morgan fingerprint density at radius 3 is 2.48 bits per heavy atom. The predicted molar refractivity (Wildman–Crippen MR) is 84.5 cm³/mol. The molecule has 2 rings (SSSR count). The number of hydrogen-bond acceptors (Lipinski definition) is 3. The van der Waals surface area contributed by atoms with E-state index in [1.165, 1.54) is 5.56 Å². The summed E-state index contributed by atoms with van der Waals surface area (Å²) in [6, 6.07) is 7.93. The van der Waals surface area contributed by atoms with Crippen molar-refractivity contribution in [1.82, 2.24) is 9.80 Å². The standard InChI is InChI=1S/C17H26N2O2/c1-4-13-6-8-14(9-7-13)16(17(20)21)19-11-10-18(3)15(5-2)12-19/h6-9,15-16H,4-5,10-12H2,1-3H3,(H,20,21). The molecule has 21 heavy (non-hydrogen) atoms. The van der Waals surface area contributed by atoms with Crippen molar-refractivity contribution in [1.29, 1.82) is 0 Å². The molecule has 0 bridgehead atoms. The summed E-state index contributed by atoms with van der Waals surface area (Å²) in [7, 11) is 2.12. The maximum atomic E-state index is 11.8. The second-order valence-electron chi connectivity index (χ2n) is 5.87. The normalized spacial score (nSPS) is 22.1. The van der Waals surface area contributed by atoms with Crippen LogP contribution in [0.3, 0.4) is 0 Å². The van der Waals surface area contributed by atoms with E-state index in [2.05, 4.69) is 30.7 Å². The number of aryl methyl sites for hydroxylation is 1. The van der Waals surface area contributed by atoms with Gasteiger partial charge in [-0.2, -0.15) is 0 Å². The van der Waals surface area contributed by atoms with Gasteiger partial charge in [0.15, 0.2) is 0 Å². The second kappa shape index (κ2) is 7.05. The Morgan fingerprint density at radius 1 is 1.29 bits per heavy atom. The zero-order chi connectivity index (χ0) is 15.4. The molecule has 0 aliphatic carbocycles. The van der Waals surface area contributed by atoms with Gasteiger partial charge in [0.05, 0.1) is 0 Å². The minimum atomic E-state index is -0.751. The van der Waals surface area contributed by atoms with Gasteiger partial charge >= 0.3 is 5.97 Å². The lowest BCUT2D eigenvalue weighted by Gasteiger charge is -2.41. The van der Waals surface area contributed by atoms with Crippen LogP contribution in [0.5, 0.6) is 0 Å². The van der Waals surface area contributed by atoms with Crippen molar-refractivity contribution in [3.8, 4) is 0 Å². The van der Waals surface area contributed by atoms with Gasteiger partial charge in [0.1, 0.15) is 6.04 Å². The molecule has 0 amide bonds. The van der Waals surface area contributed by atoms with Crippen LogP contribution in [0.1, 0.15) is 37.4 Å². The molecule has 1 aliphatic rings. The van der Waals surface area contributed by atoms with Crippen LogP contribution in [-0.4, -0.2) is 53.6 Å². The van der Waals surface area contributed by atoms with E-state index in [0.29, 0.717) is 6.04 Å². The minimum absolute atomic E-state index is 0.440. The Bertz CT molecular complexity index is 472. The van der Waals surface area contributed by atoms with Gasteiger partial charge in [-0.3, -0.25) is 9.69 Å². The third kappa shape index (κ3) is 3.63. The van der Waals surface area contributed by atoms with Gasteiger partial charge in [0.25, 0.3) is 0 Å². The summed E-state index contributed by atoms with van der Waals surface area (Å²) >= 11 is 0. The molecular formula is C17H26N2O2. The van der Waals surface area contributed by atoms with E-state index >= 15 is 0 Å². The van der Waals surface area contributed by atoms with Gasteiger partial charge in [0, 0.05) is 25.7 Å². The van der Waals surface area contributed by atoms with Gasteiger partial charge in [-0.05, 0) is 31.0 Å². The van der Waals surface area contributed by atoms with Crippen LogP contribution >= 0.6 is 0 Å². The van der Waals surface area contributed by atoms with Crippen molar-refractivity contribution < 1.29 is 9.90 Å². The molecule has 1 N–H and O–H groups in total. The van der Waals surface area contributed by atoms with E-state index in [1.54, 1.807) is 0 Å². The van der Waals surface area contributed by atoms with E-state index in [4.69, 9.17) is 0 Å². The smallest absolute Gasteiger partial charge is 0.325 e. The Balaban J connectivity index is 2.20. The monoisotopic (exact) mass is 290 g/mol. The summed E-state index contributed by atoms with van der Waals surface area (Å²) in [5.74, 6) is -0.751. The molecule has 1 saturated heterocycles. The predicted octanol–water partition coefficient (Wildman–Crippen LogP) is 2.40. The average Bonchev–Trinajstić information content (AvgIpc) is 2.49. The molecule has 1 aromatic carbocycles. The van der Waals surface area contributed by atoms with Crippen LogP contribution in [0.4, 0.5) is 0 Å². The Morgan fingerprint density at radius 2 is 1.95 bits per heavy atom. The first-order valence-corrected chi connectivity index (χ1v) is 7.82. The highest BCUT2D eigenvalue weighted by atomic mass is 16.4. The maximum absolute atomic E-state index is 11.8. The average molecular weight is 290 g/mol. The first-order chi connectivity index (χ1) is 10.1. The highest BCUT2D eigenvalue weighted by Crippen LogP contribution is 2.25. The summed E-state index contributed by atoms with van der Waals surface area (Å²) < 4.78 is 0. The molecule has 4 heteroatoms. The highest BCUT2D eigenvalue weighted by molar-refractivity contribution is 5.75. The third-order valence-corrected chi connectivity index (χ3v) is 4.58.